The topological polar surface area (TPSA) is 101 Å². The zero-order valence-electron chi connectivity index (χ0n) is 13.7. The first-order chi connectivity index (χ1) is 12.6. The molecule has 26 heavy (non-hydrogen) atoms. The predicted molar refractivity (Wildman–Crippen MR) is 93.0 cm³/mol. The fraction of sp³-hybridized carbons (Fsp3) is 0.158. The summed E-state index contributed by atoms with van der Waals surface area (Å²) >= 11 is 0. The largest absolute Gasteiger partial charge is 0.493 e. The van der Waals surface area contributed by atoms with Crippen LogP contribution in [0, 0.1) is 0 Å². The molecule has 0 radical (unpaired) electrons. The van der Waals surface area contributed by atoms with Crippen LogP contribution in [0.4, 0.5) is 0 Å². The van der Waals surface area contributed by atoms with Crippen molar-refractivity contribution in [3.05, 3.63) is 65.6 Å². The lowest BCUT2D eigenvalue weighted by atomic mass is 10.0. The number of benzene rings is 1. The maximum Gasteiger partial charge on any atom is 0.330 e. The van der Waals surface area contributed by atoms with E-state index in [9.17, 15) is 14.7 Å². The second-order valence-electron chi connectivity index (χ2n) is 5.95. The smallest absolute Gasteiger partial charge is 0.330 e. The highest BCUT2D eigenvalue weighted by Crippen LogP contribution is 2.28. The predicted octanol–water partition coefficient (Wildman–Crippen LogP) is 2.12. The summed E-state index contributed by atoms with van der Waals surface area (Å²) in [6.45, 7) is 0.578. The van der Waals surface area contributed by atoms with Crippen LogP contribution in [0.15, 0.2) is 48.8 Å². The third-order valence-corrected chi connectivity index (χ3v) is 4.31. The van der Waals surface area contributed by atoms with Gasteiger partial charge in [-0.25, -0.2) is 9.78 Å². The molecule has 0 spiro atoms. The maximum atomic E-state index is 12.7. The molecule has 7 heteroatoms. The molecule has 1 atom stereocenters. The molecule has 0 fully saturated rings. The van der Waals surface area contributed by atoms with Crippen molar-refractivity contribution in [2.75, 3.05) is 6.61 Å². The number of carboxylic acids is 1. The molecule has 1 amide bonds. The van der Waals surface area contributed by atoms with Crippen molar-refractivity contribution in [1.29, 1.82) is 0 Å². The van der Waals surface area contributed by atoms with E-state index in [-0.39, 0.29) is 5.69 Å². The van der Waals surface area contributed by atoms with Crippen molar-refractivity contribution in [2.24, 2.45) is 0 Å². The van der Waals surface area contributed by atoms with Crippen LogP contribution in [-0.4, -0.2) is 33.6 Å². The molecular formula is C19H15N3O4. The number of aromatic nitrogens is 2. The number of rotatable bonds is 4. The van der Waals surface area contributed by atoms with Gasteiger partial charge in [0.15, 0.2) is 11.7 Å². The second kappa shape index (κ2) is 6.44. The van der Waals surface area contributed by atoms with Crippen LogP contribution in [0.3, 0.4) is 0 Å². The van der Waals surface area contributed by atoms with Crippen LogP contribution in [-0.2, 0) is 11.2 Å². The van der Waals surface area contributed by atoms with E-state index in [2.05, 4.69) is 15.3 Å². The Morgan fingerprint density at radius 3 is 2.88 bits per heavy atom. The minimum Gasteiger partial charge on any atom is -0.493 e. The number of pyridine rings is 2. The Hall–Kier alpha value is -3.48. The van der Waals surface area contributed by atoms with Gasteiger partial charge < -0.3 is 15.2 Å². The molecule has 4 rings (SSSR count). The summed E-state index contributed by atoms with van der Waals surface area (Å²) in [6.07, 6.45) is 3.79. The van der Waals surface area contributed by atoms with E-state index in [1.807, 2.05) is 6.07 Å². The van der Waals surface area contributed by atoms with Gasteiger partial charge in [-0.3, -0.25) is 9.78 Å². The summed E-state index contributed by atoms with van der Waals surface area (Å²) in [7, 11) is 0. The first-order valence-electron chi connectivity index (χ1n) is 8.12. The molecule has 0 saturated carbocycles. The van der Waals surface area contributed by atoms with Crippen molar-refractivity contribution >= 4 is 22.8 Å². The second-order valence-corrected chi connectivity index (χ2v) is 5.95. The van der Waals surface area contributed by atoms with E-state index in [1.54, 1.807) is 36.5 Å². The summed E-state index contributed by atoms with van der Waals surface area (Å²) in [5, 5.41) is 12.9. The van der Waals surface area contributed by atoms with Crippen LogP contribution in [0.1, 0.15) is 27.7 Å². The third kappa shape index (κ3) is 2.83. The average Bonchev–Trinajstić information content (AvgIpc) is 3.13. The SMILES string of the molecule is O=C(NC(C(=O)O)c1ccc2c(c1)CCO2)c1nccc2cccnc12. The third-order valence-electron chi connectivity index (χ3n) is 4.31. The van der Waals surface area contributed by atoms with E-state index >= 15 is 0 Å². The summed E-state index contributed by atoms with van der Waals surface area (Å²) in [5.74, 6) is -0.979. The van der Waals surface area contributed by atoms with E-state index in [0.717, 1.165) is 23.1 Å². The molecule has 2 aromatic heterocycles. The molecule has 7 nitrogen and oxygen atoms in total. The number of aliphatic carboxylic acids is 1. The lowest BCUT2D eigenvalue weighted by molar-refractivity contribution is -0.139. The Morgan fingerprint density at radius 1 is 1.15 bits per heavy atom. The highest BCUT2D eigenvalue weighted by atomic mass is 16.5. The lowest BCUT2D eigenvalue weighted by Crippen LogP contribution is -2.34. The summed E-state index contributed by atoms with van der Waals surface area (Å²) < 4.78 is 5.44. The molecule has 130 valence electrons. The van der Waals surface area contributed by atoms with Crippen molar-refractivity contribution < 1.29 is 19.4 Å². The van der Waals surface area contributed by atoms with Crippen LogP contribution >= 0.6 is 0 Å². The fourth-order valence-electron chi connectivity index (χ4n) is 3.04. The number of nitrogens with zero attached hydrogens (tertiary/aromatic N) is 2. The molecule has 0 bridgehead atoms. The van der Waals surface area contributed by atoms with E-state index in [1.165, 1.54) is 6.20 Å². The molecule has 1 aliphatic rings. The Labute approximate surface area is 148 Å². The molecule has 0 aliphatic carbocycles. The Bertz CT molecular complexity index is 1010. The Kier molecular flexibility index (Phi) is 3.96. The number of carboxylic acid groups (broad SMARTS) is 1. The lowest BCUT2D eigenvalue weighted by Gasteiger charge is -2.16. The normalized spacial score (nSPS) is 13.7. The zero-order valence-corrected chi connectivity index (χ0v) is 13.7. The molecule has 1 aromatic carbocycles. The van der Waals surface area contributed by atoms with E-state index < -0.39 is 17.9 Å². The van der Waals surface area contributed by atoms with Gasteiger partial charge in [-0.2, -0.15) is 0 Å². The number of amides is 1. The van der Waals surface area contributed by atoms with Crippen molar-refractivity contribution in [1.82, 2.24) is 15.3 Å². The van der Waals surface area contributed by atoms with Crippen molar-refractivity contribution in [3.8, 4) is 5.75 Å². The van der Waals surface area contributed by atoms with Gasteiger partial charge in [-0.05, 0) is 35.4 Å². The first-order valence-corrected chi connectivity index (χ1v) is 8.12. The van der Waals surface area contributed by atoms with Crippen molar-refractivity contribution in [3.63, 3.8) is 0 Å². The Balaban J connectivity index is 1.66. The molecule has 2 N–H and O–H groups in total. The minimum absolute atomic E-state index is 0.0962. The minimum atomic E-state index is -1.19. The van der Waals surface area contributed by atoms with Gasteiger partial charge in [0, 0.05) is 24.2 Å². The number of carbonyl (C=O) groups is 2. The van der Waals surface area contributed by atoms with Gasteiger partial charge in [-0.1, -0.05) is 12.1 Å². The van der Waals surface area contributed by atoms with Gasteiger partial charge in [0.05, 0.1) is 6.61 Å². The number of hydrogen-bond donors (Lipinski definition) is 2. The van der Waals surface area contributed by atoms with Gasteiger partial charge in [0.2, 0.25) is 0 Å². The zero-order chi connectivity index (χ0) is 18.1. The van der Waals surface area contributed by atoms with Gasteiger partial charge in [-0.15, -0.1) is 0 Å². The van der Waals surface area contributed by atoms with Gasteiger partial charge in [0.25, 0.3) is 5.91 Å². The van der Waals surface area contributed by atoms with Crippen molar-refractivity contribution in [2.45, 2.75) is 12.5 Å². The molecule has 3 heterocycles. The fourth-order valence-corrected chi connectivity index (χ4v) is 3.04. The van der Waals surface area contributed by atoms with Crippen LogP contribution in [0.2, 0.25) is 0 Å². The number of ether oxygens (including phenoxy) is 1. The van der Waals surface area contributed by atoms with Crippen LogP contribution < -0.4 is 10.1 Å². The van der Waals surface area contributed by atoms with E-state index in [0.29, 0.717) is 17.7 Å². The molecule has 1 aliphatic heterocycles. The number of nitrogens with one attached hydrogen (secondary N) is 1. The van der Waals surface area contributed by atoms with Crippen LogP contribution in [0.5, 0.6) is 5.75 Å². The maximum absolute atomic E-state index is 12.7. The summed E-state index contributed by atoms with van der Waals surface area (Å²) in [6, 6.07) is 9.28. The van der Waals surface area contributed by atoms with E-state index in [4.69, 9.17) is 4.74 Å². The first kappa shape index (κ1) is 16.0. The number of carbonyl (C=O) groups excluding carboxylic acids is 1. The highest BCUT2D eigenvalue weighted by molar-refractivity contribution is 6.04. The van der Waals surface area contributed by atoms with Crippen LogP contribution in [0.25, 0.3) is 10.9 Å². The quantitative estimate of drug-likeness (QED) is 0.748. The standard InChI is InChI=1S/C19H15N3O4/c23-18(17-15-11(5-8-21-17)2-1-7-20-15)22-16(19(24)25)13-3-4-14-12(10-13)6-9-26-14/h1-5,7-8,10,16H,6,9H2,(H,22,23)(H,24,25). The Morgan fingerprint density at radius 2 is 2.04 bits per heavy atom. The molecule has 3 aromatic rings. The molecule has 0 saturated heterocycles. The number of hydrogen-bond acceptors (Lipinski definition) is 5. The number of fused-ring (bicyclic) bond motifs is 2. The molecule has 1 unspecified atom stereocenters. The molecular weight excluding hydrogens is 334 g/mol. The summed E-state index contributed by atoms with van der Waals surface area (Å²) in [4.78, 5) is 32.7. The van der Waals surface area contributed by atoms with Gasteiger partial charge >= 0.3 is 5.97 Å². The van der Waals surface area contributed by atoms with Gasteiger partial charge in [0.1, 0.15) is 11.3 Å². The monoisotopic (exact) mass is 349 g/mol. The highest BCUT2D eigenvalue weighted by Gasteiger charge is 2.26. The average molecular weight is 349 g/mol. The summed E-state index contributed by atoms with van der Waals surface area (Å²) in [5.41, 5.74) is 1.95.